The molecule has 1 amide bonds. The minimum Gasteiger partial charge on any atom is -0.351 e. The third-order valence-electron chi connectivity index (χ3n) is 2.90. The van der Waals surface area contributed by atoms with Gasteiger partial charge in [0, 0.05) is 19.3 Å². The Hall–Kier alpha value is -1.49. The number of pyridine rings is 1. The van der Waals surface area contributed by atoms with Gasteiger partial charge in [0.25, 0.3) is 5.91 Å². The lowest BCUT2D eigenvalue weighted by Crippen LogP contribution is -2.33. The number of halogens is 1. The number of hydrogen-bond acceptors (Lipinski definition) is 3. The molecule has 1 N–H and O–H groups in total. The van der Waals surface area contributed by atoms with Gasteiger partial charge in [0.05, 0.1) is 5.56 Å². The summed E-state index contributed by atoms with van der Waals surface area (Å²) in [5, 5.41) is 2.80. The third kappa shape index (κ3) is 3.49. The molecule has 0 saturated carbocycles. The van der Waals surface area contributed by atoms with E-state index in [2.05, 4.69) is 15.2 Å². The number of hydrogen-bond donors (Lipinski definition) is 1. The molecule has 0 spiro atoms. The van der Waals surface area contributed by atoms with E-state index in [1.807, 2.05) is 0 Å². The molecule has 0 atom stereocenters. The maximum absolute atomic E-state index is 12.6. The fraction of sp³-hybridized carbons (Fsp3) is 0.500. The molecule has 17 heavy (non-hydrogen) atoms. The number of rotatable bonds is 4. The van der Waals surface area contributed by atoms with Crippen LogP contribution in [-0.2, 0) is 0 Å². The zero-order chi connectivity index (χ0) is 12.1. The molecule has 5 heteroatoms. The number of aromatic nitrogens is 1. The molecule has 1 aliphatic heterocycles. The SMILES string of the molecule is O=C(NCCN1CCCC1)c1ccc(F)nc1. The van der Waals surface area contributed by atoms with E-state index in [0.29, 0.717) is 12.1 Å². The van der Waals surface area contributed by atoms with Crippen molar-refractivity contribution in [2.75, 3.05) is 26.2 Å². The average molecular weight is 237 g/mol. The molecular formula is C12H16FN3O. The molecule has 0 bridgehead atoms. The van der Waals surface area contributed by atoms with Gasteiger partial charge in [0.15, 0.2) is 0 Å². The first-order valence-corrected chi connectivity index (χ1v) is 5.88. The molecule has 2 heterocycles. The predicted octanol–water partition coefficient (Wildman–Crippen LogP) is 1.05. The minimum atomic E-state index is -0.571. The molecule has 1 aliphatic rings. The van der Waals surface area contributed by atoms with Gasteiger partial charge in [-0.1, -0.05) is 0 Å². The van der Waals surface area contributed by atoms with Gasteiger partial charge in [-0.3, -0.25) is 4.79 Å². The van der Waals surface area contributed by atoms with Crippen LogP contribution in [0, 0.1) is 5.95 Å². The van der Waals surface area contributed by atoms with Crippen LogP contribution < -0.4 is 5.32 Å². The highest BCUT2D eigenvalue weighted by Gasteiger charge is 2.11. The standard InChI is InChI=1S/C12H16FN3O/c13-11-4-3-10(9-15-11)12(17)14-5-8-16-6-1-2-7-16/h3-4,9H,1-2,5-8H2,(H,14,17). The number of likely N-dealkylation sites (tertiary alicyclic amines) is 1. The second-order valence-electron chi connectivity index (χ2n) is 4.17. The number of carbonyl (C=O) groups excluding carboxylic acids is 1. The Morgan fingerprint density at radius 3 is 2.82 bits per heavy atom. The zero-order valence-corrected chi connectivity index (χ0v) is 9.66. The van der Waals surface area contributed by atoms with E-state index < -0.39 is 5.95 Å². The van der Waals surface area contributed by atoms with Crippen molar-refractivity contribution in [1.29, 1.82) is 0 Å². The van der Waals surface area contributed by atoms with E-state index >= 15 is 0 Å². The summed E-state index contributed by atoms with van der Waals surface area (Å²) >= 11 is 0. The van der Waals surface area contributed by atoms with Crippen molar-refractivity contribution in [1.82, 2.24) is 15.2 Å². The van der Waals surface area contributed by atoms with E-state index in [1.54, 1.807) is 0 Å². The van der Waals surface area contributed by atoms with Crippen LogP contribution in [0.2, 0.25) is 0 Å². The normalized spacial score (nSPS) is 16.1. The van der Waals surface area contributed by atoms with Crippen LogP contribution in [0.3, 0.4) is 0 Å². The first kappa shape index (κ1) is 12.0. The van der Waals surface area contributed by atoms with Gasteiger partial charge in [-0.25, -0.2) is 4.98 Å². The Morgan fingerprint density at radius 1 is 1.41 bits per heavy atom. The van der Waals surface area contributed by atoms with Crippen molar-refractivity contribution in [3.63, 3.8) is 0 Å². The van der Waals surface area contributed by atoms with Gasteiger partial charge in [0.2, 0.25) is 5.95 Å². The van der Waals surface area contributed by atoms with Gasteiger partial charge >= 0.3 is 0 Å². The van der Waals surface area contributed by atoms with Gasteiger partial charge in [-0.05, 0) is 38.1 Å². The van der Waals surface area contributed by atoms with Gasteiger partial charge in [-0.15, -0.1) is 0 Å². The summed E-state index contributed by atoms with van der Waals surface area (Å²) in [6.45, 7) is 3.73. The van der Waals surface area contributed by atoms with Crippen molar-refractivity contribution in [2.45, 2.75) is 12.8 Å². The number of amides is 1. The molecule has 0 unspecified atom stereocenters. The quantitative estimate of drug-likeness (QED) is 0.796. The average Bonchev–Trinajstić information content (AvgIpc) is 2.83. The maximum atomic E-state index is 12.6. The molecule has 92 valence electrons. The smallest absolute Gasteiger partial charge is 0.252 e. The second kappa shape index (κ2) is 5.72. The van der Waals surface area contributed by atoms with Crippen molar-refractivity contribution < 1.29 is 9.18 Å². The van der Waals surface area contributed by atoms with Crippen molar-refractivity contribution in [3.8, 4) is 0 Å². The summed E-state index contributed by atoms with van der Waals surface area (Å²) < 4.78 is 12.6. The van der Waals surface area contributed by atoms with Gasteiger partial charge in [0.1, 0.15) is 0 Å². The Labute approximate surface area is 99.8 Å². The topological polar surface area (TPSA) is 45.2 Å². The summed E-state index contributed by atoms with van der Waals surface area (Å²) in [6.07, 6.45) is 3.74. The monoisotopic (exact) mass is 237 g/mol. The summed E-state index contributed by atoms with van der Waals surface area (Å²) in [4.78, 5) is 17.4. The minimum absolute atomic E-state index is 0.198. The van der Waals surface area contributed by atoms with Crippen molar-refractivity contribution in [2.24, 2.45) is 0 Å². The summed E-state index contributed by atoms with van der Waals surface area (Å²) in [5.74, 6) is -0.768. The Kier molecular flexibility index (Phi) is 4.03. The number of nitrogens with one attached hydrogen (secondary N) is 1. The third-order valence-corrected chi connectivity index (χ3v) is 2.90. The van der Waals surface area contributed by atoms with E-state index in [1.165, 1.54) is 31.2 Å². The summed E-state index contributed by atoms with van der Waals surface area (Å²) in [7, 11) is 0. The molecule has 1 saturated heterocycles. The lowest BCUT2D eigenvalue weighted by Gasteiger charge is -2.14. The first-order valence-electron chi connectivity index (χ1n) is 5.88. The highest BCUT2D eigenvalue weighted by atomic mass is 19.1. The molecule has 1 aromatic rings. The molecular weight excluding hydrogens is 221 g/mol. The lowest BCUT2D eigenvalue weighted by molar-refractivity contribution is 0.0949. The van der Waals surface area contributed by atoms with Crippen LogP contribution in [0.4, 0.5) is 4.39 Å². The van der Waals surface area contributed by atoms with Crippen LogP contribution in [-0.4, -0.2) is 42.0 Å². The second-order valence-corrected chi connectivity index (χ2v) is 4.17. The summed E-state index contributed by atoms with van der Waals surface area (Å²) in [6, 6.07) is 2.63. The first-order chi connectivity index (χ1) is 8.25. The fourth-order valence-electron chi connectivity index (χ4n) is 1.95. The molecule has 1 fully saturated rings. The molecule has 2 rings (SSSR count). The fourth-order valence-corrected chi connectivity index (χ4v) is 1.95. The molecule has 1 aromatic heterocycles. The largest absolute Gasteiger partial charge is 0.351 e. The Morgan fingerprint density at radius 2 is 2.18 bits per heavy atom. The maximum Gasteiger partial charge on any atom is 0.252 e. The Balaban J connectivity index is 1.75. The zero-order valence-electron chi connectivity index (χ0n) is 9.66. The van der Waals surface area contributed by atoms with Crippen molar-refractivity contribution in [3.05, 3.63) is 29.8 Å². The highest BCUT2D eigenvalue weighted by molar-refractivity contribution is 5.93. The van der Waals surface area contributed by atoms with Crippen LogP contribution in [0.5, 0.6) is 0 Å². The van der Waals surface area contributed by atoms with Crippen molar-refractivity contribution >= 4 is 5.91 Å². The lowest BCUT2D eigenvalue weighted by atomic mass is 10.2. The van der Waals surface area contributed by atoms with E-state index in [9.17, 15) is 9.18 Å². The van der Waals surface area contributed by atoms with E-state index in [0.717, 1.165) is 19.6 Å². The molecule has 4 nitrogen and oxygen atoms in total. The van der Waals surface area contributed by atoms with Gasteiger partial charge in [-0.2, -0.15) is 4.39 Å². The van der Waals surface area contributed by atoms with Crippen LogP contribution in [0.1, 0.15) is 23.2 Å². The van der Waals surface area contributed by atoms with Crippen LogP contribution >= 0.6 is 0 Å². The highest BCUT2D eigenvalue weighted by Crippen LogP contribution is 2.05. The molecule has 0 aliphatic carbocycles. The van der Waals surface area contributed by atoms with E-state index in [4.69, 9.17) is 0 Å². The van der Waals surface area contributed by atoms with Gasteiger partial charge < -0.3 is 10.2 Å². The van der Waals surface area contributed by atoms with E-state index in [-0.39, 0.29) is 5.91 Å². The molecule has 0 radical (unpaired) electrons. The van der Waals surface area contributed by atoms with Crippen LogP contribution in [0.25, 0.3) is 0 Å². The Bertz CT molecular complexity index is 374. The summed E-state index contributed by atoms with van der Waals surface area (Å²) in [5.41, 5.74) is 0.396. The number of carbonyl (C=O) groups is 1. The molecule has 0 aromatic carbocycles. The predicted molar refractivity (Wildman–Crippen MR) is 62.2 cm³/mol. The number of nitrogens with zero attached hydrogens (tertiary/aromatic N) is 2. The van der Waals surface area contributed by atoms with Crippen LogP contribution in [0.15, 0.2) is 18.3 Å².